The third-order valence-electron chi connectivity index (χ3n) is 1.76. The van der Waals surface area contributed by atoms with Crippen LogP contribution in [0.1, 0.15) is 11.6 Å². The van der Waals surface area contributed by atoms with E-state index in [2.05, 4.69) is 4.98 Å². The van der Waals surface area contributed by atoms with Gasteiger partial charge in [0.25, 0.3) is 0 Å². The van der Waals surface area contributed by atoms with Gasteiger partial charge in [0.1, 0.15) is 6.04 Å². The van der Waals surface area contributed by atoms with Gasteiger partial charge in [-0.05, 0) is 17.7 Å². The first kappa shape index (κ1) is 9.63. The first-order valence-electron chi connectivity index (χ1n) is 3.77. The molecule has 0 radical (unpaired) electrons. The summed E-state index contributed by atoms with van der Waals surface area (Å²) < 4.78 is 0. The summed E-state index contributed by atoms with van der Waals surface area (Å²) >= 11 is 0. The summed E-state index contributed by atoms with van der Waals surface area (Å²) in [5, 5.41) is 8.59. The summed E-state index contributed by atoms with van der Waals surface area (Å²) in [6.07, 6.45) is 3.09. The Kier molecular flexibility index (Phi) is 2.94. The number of carbonyl (C=O) groups is 1. The standard InChI is InChI=1S/C8H11N3O2/c9-6(7(10)8(12)13)5-1-3-11-4-2-5/h1-4,6-7H,9-10H2,(H,12,13). The number of hydrogen-bond acceptors (Lipinski definition) is 4. The zero-order valence-electron chi connectivity index (χ0n) is 6.92. The van der Waals surface area contributed by atoms with Crippen LogP contribution in [0, 0.1) is 0 Å². The molecule has 70 valence electrons. The second-order valence-corrected chi connectivity index (χ2v) is 2.67. The minimum atomic E-state index is -1.11. The van der Waals surface area contributed by atoms with E-state index in [9.17, 15) is 4.79 Å². The normalized spacial score (nSPS) is 14.9. The number of nitrogens with zero attached hydrogens (tertiary/aromatic N) is 1. The number of aromatic nitrogens is 1. The summed E-state index contributed by atoms with van der Waals surface area (Å²) in [4.78, 5) is 14.3. The molecule has 2 unspecified atom stereocenters. The van der Waals surface area contributed by atoms with Crippen molar-refractivity contribution in [3.8, 4) is 0 Å². The molecule has 0 aliphatic heterocycles. The van der Waals surface area contributed by atoms with Crippen molar-refractivity contribution in [2.24, 2.45) is 11.5 Å². The molecule has 0 amide bonds. The average Bonchev–Trinajstić information content (AvgIpc) is 2.17. The fourth-order valence-electron chi connectivity index (χ4n) is 0.947. The van der Waals surface area contributed by atoms with Gasteiger partial charge >= 0.3 is 5.97 Å². The van der Waals surface area contributed by atoms with Crippen LogP contribution < -0.4 is 11.5 Å². The second-order valence-electron chi connectivity index (χ2n) is 2.67. The van der Waals surface area contributed by atoms with E-state index < -0.39 is 18.1 Å². The van der Waals surface area contributed by atoms with Crippen LogP contribution in [-0.2, 0) is 4.79 Å². The molecule has 5 heteroatoms. The van der Waals surface area contributed by atoms with Gasteiger partial charge in [-0.1, -0.05) is 0 Å². The number of nitrogens with two attached hydrogens (primary N) is 2. The number of pyridine rings is 1. The van der Waals surface area contributed by atoms with E-state index in [0.717, 1.165) is 0 Å². The molecule has 1 rings (SSSR count). The van der Waals surface area contributed by atoms with Crippen LogP contribution in [-0.4, -0.2) is 22.1 Å². The molecule has 0 spiro atoms. The summed E-state index contributed by atoms with van der Waals surface area (Å²) in [7, 11) is 0. The van der Waals surface area contributed by atoms with E-state index in [0.29, 0.717) is 5.56 Å². The van der Waals surface area contributed by atoms with Crippen LogP contribution in [0.25, 0.3) is 0 Å². The lowest BCUT2D eigenvalue weighted by molar-refractivity contribution is -0.139. The predicted molar refractivity (Wildman–Crippen MR) is 46.8 cm³/mol. The number of carboxylic acid groups (broad SMARTS) is 1. The second kappa shape index (κ2) is 3.97. The summed E-state index contributed by atoms with van der Waals surface area (Å²) in [6, 6.07) is 1.52. The lowest BCUT2D eigenvalue weighted by Gasteiger charge is -2.15. The summed E-state index contributed by atoms with van der Waals surface area (Å²) in [5.41, 5.74) is 11.6. The van der Waals surface area contributed by atoms with Crippen molar-refractivity contribution < 1.29 is 9.90 Å². The minimum Gasteiger partial charge on any atom is -0.480 e. The number of rotatable bonds is 3. The van der Waals surface area contributed by atoms with Crippen LogP contribution in [0.2, 0.25) is 0 Å². The van der Waals surface area contributed by atoms with Crippen molar-refractivity contribution in [2.45, 2.75) is 12.1 Å². The fraction of sp³-hybridized carbons (Fsp3) is 0.250. The van der Waals surface area contributed by atoms with Gasteiger partial charge in [-0.25, -0.2) is 0 Å². The maximum absolute atomic E-state index is 10.5. The monoisotopic (exact) mass is 181 g/mol. The van der Waals surface area contributed by atoms with E-state index >= 15 is 0 Å². The van der Waals surface area contributed by atoms with Gasteiger partial charge in [-0.3, -0.25) is 9.78 Å². The quantitative estimate of drug-likeness (QED) is 0.583. The highest BCUT2D eigenvalue weighted by Gasteiger charge is 2.21. The molecule has 0 aromatic carbocycles. The maximum atomic E-state index is 10.5. The van der Waals surface area contributed by atoms with Crippen LogP contribution in [0.3, 0.4) is 0 Å². The van der Waals surface area contributed by atoms with Gasteiger partial charge in [0, 0.05) is 12.4 Å². The molecule has 1 aromatic heterocycles. The molecule has 1 aromatic rings. The van der Waals surface area contributed by atoms with E-state index in [1.54, 1.807) is 24.5 Å². The van der Waals surface area contributed by atoms with Gasteiger partial charge in [0.05, 0.1) is 6.04 Å². The third-order valence-corrected chi connectivity index (χ3v) is 1.76. The Morgan fingerprint density at radius 2 is 1.92 bits per heavy atom. The largest absolute Gasteiger partial charge is 0.480 e. The molecule has 0 aliphatic rings. The Morgan fingerprint density at radius 3 is 2.38 bits per heavy atom. The van der Waals surface area contributed by atoms with Gasteiger partial charge in [0.15, 0.2) is 0 Å². The zero-order chi connectivity index (χ0) is 9.84. The van der Waals surface area contributed by atoms with Gasteiger partial charge in [-0.2, -0.15) is 0 Å². The van der Waals surface area contributed by atoms with Crippen molar-refractivity contribution in [3.05, 3.63) is 30.1 Å². The predicted octanol–water partition coefficient (Wildman–Crippen LogP) is -0.507. The first-order valence-corrected chi connectivity index (χ1v) is 3.77. The number of hydrogen-bond donors (Lipinski definition) is 3. The molecule has 0 bridgehead atoms. The molecule has 0 saturated heterocycles. The van der Waals surface area contributed by atoms with Gasteiger partial charge in [0.2, 0.25) is 0 Å². The third kappa shape index (κ3) is 2.24. The Balaban J connectivity index is 2.79. The summed E-state index contributed by atoms with van der Waals surface area (Å²) in [5.74, 6) is -1.11. The lowest BCUT2D eigenvalue weighted by atomic mass is 10.0. The van der Waals surface area contributed by atoms with Crippen molar-refractivity contribution in [2.75, 3.05) is 0 Å². The highest BCUT2D eigenvalue weighted by molar-refractivity contribution is 5.74. The molecule has 0 saturated carbocycles. The van der Waals surface area contributed by atoms with Gasteiger partial charge < -0.3 is 16.6 Å². The van der Waals surface area contributed by atoms with Gasteiger partial charge in [-0.15, -0.1) is 0 Å². The maximum Gasteiger partial charge on any atom is 0.322 e. The molecule has 0 aliphatic carbocycles. The Morgan fingerprint density at radius 1 is 1.38 bits per heavy atom. The van der Waals surface area contributed by atoms with E-state index in [1.807, 2.05) is 0 Å². The smallest absolute Gasteiger partial charge is 0.322 e. The number of aliphatic carboxylic acids is 1. The number of carboxylic acids is 1. The SMILES string of the molecule is NC(C(=O)O)C(N)c1ccncc1. The van der Waals surface area contributed by atoms with Crippen molar-refractivity contribution >= 4 is 5.97 Å². The average molecular weight is 181 g/mol. The molecular formula is C8H11N3O2. The van der Waals surface area contributed by atoms with E-state index in [1.165, 1.54) is 0 Å². The fourth-order valence-corrected chi connectivity index (χ4v) is 0.947. The Hall–Kier alpha value is -1.46. The molecule has 2 atom stereocenters. The molecule has 5 nitrogen and oxygen atoms in total. The lowest BCUT2D eigenvalue weighted by Crippen LogP contribution is -2.40. The molecule has 13 heavy (non-hydrogen) atoms. The van der Waals surface area contributed by atoms with E-state index in [-0.39, 0.29) is 0 Å². The first-order chi connectivity index (χ1) is 6.13. The van der Waals surface area contributed by atoms with E-state index in [4.69, 9.17) is 16.6 Å². The van der Waals surface area contributed by atoms with Crippen LogP contribution in [0.5, 0.6) is 0 Å². The summed E-state index contributed by atoms with van der Waals surface area (Å²) in [6.45, 7) is 0. The molecular weight excluding hydrogens is 170 g/mol. The van der Waals surface area contributed by atoms with Crippen molar-refractivity contribution in [1.82, 2.24) is 4.98 Å². The van der Waals surface area contributed by atoms with Crippen molar-refractivity contribution in [1.29, 1.82) is 0 Å². The minimum absolute atomic E-state index is 0.671. The molecule has 1 heterocycles. The van der Waals surface area contributed by atoms with Crippen LogP contribution >= 0.6 is 0 Å². The zero-order valence-corrected chi connectivity index (χ0v) is 6.92. The molecule has 5 N–H and O–H groups in total. The highest BCUT2D eigenvalue weighted by Crippen LogP contribution is 2.11. The highest BCUT2D eigenvalue weighted by atomic mass is 16.4. The van der Waals surface area contributed by atoms with Crippen molar-refractivity contribution in [3.63, 3.8) is 0 Å². The Labute approximate surface area is 75.4 Å². The van der Waals surface area contributed by atoms with Crippen LogP contribution in [0.15, 0.2) is 24.5 Å². The topological polar surface area (TPSA) is 102 Å². The van der Waals surface area contributed by atoms with Crippen LogP contribution in [0.4, 0.5) is 0 Å². The Bertz CT molecular complexity index is 289. The molecule has 0 fully saturated rings.